The second-order valence-corrected chi connectivity index (χ2v) is 8.83. The van der Waals surface area contributed by atoms with Gasteiger partial charge in [0, 0.05) is 42.9 Å². The van der Waals surface area contributed by atoms with Crippen molar-refractivity contribution < 1.29 is 14.3 Å². The number of aromatic nitrogens is 2. The molecule has 2 amide bonds. The number of hydrogen-bond donors (Lipinski definition) is 2. The Morgan fingerprint density at radius 2 is 2.19 bits per heavy atom. The monoisotopic (exact) mass is 445 g/mol. The minimum absolute atomic E-state index is 0.0311. The smallest absolute Gasteiger partial charge is 0.248 e. The topological polar surface area (TPSA) is 96.5 Å². The Labute approximate surface area is 187 Å². The molecule has 2 aromatic rings. The highest BCUT2D eigenvalue weighted by Crippen LogP contribution is 2.23. The number of ether oxygens (including phenoxy) is 1. The standard InChI is InChI=1S/C22H31N5O3S/c1-4-30-13-21(28)27-9-5-6-17(12-27)22(29)24-11-20-26-18(14-31-20)16-7-8-19(23-10-16)25-15(2)3/h7-8,10,14-15,17H,4-6,9,11-13H2,1-3H3,(H,23,25)(H,24,29). The summed E-state index contributed by atoms with van der Waals surface area (Å²) in [6, 6.07) is 4.26. The van der Waals surface area contributed by atoms with Crippen molar-refractivity contribution in [2.24, 2.45) is 5.92 Å². The molecule has 1 saturated heterocycles. The molecule has 0 aromatic carbocycles. The minimum Gasteiger partial charge on any atom is -0.372 e. The van der Waals surface area contributed by atoms with Gasteiger partial charge in [-0.2, -0.15) is 0 Å². The molecule has 9 heteroatoms. The Morgan fingerprint density at radius 3 is 2.90 bits per heavy atom. The molecular formula is C22H31N5O3S. The fourth-order valence-corrected chi connectivity index (χ4v) is 4.20. The van der Waals surface area contributed by atoms with E-state index in [1.165, 1.54) is 11.3 Å². The normalized spacial score (nSPS) is 16.4. The molecule has 0 aliphatic carbocycles. The van der Waals surface area contributed by atoms with Crippen LogP contribution in [0.25, 0.3) is 11.3 Å². The molecule has 168 valence electrons. The van der Waals surface area contributed by atoms with E-state index in [1.807, 2.05) is 24.4 Å². The van der Waals surface area contributed by atoms with Crippen LogP contribution in [0.2, 0.25) is 0 Å². The number of rotatable bonds is 9. The molecular weight excluding hydrogens is 414 g/mol. The van der Waals surface area contributed by atoms with Gasteiger partial charge in [0.15, 0.2) is 0 Å². The Bertz CT molecular complexity index is 868. The summed E-state index contributed by atoms with van der Waals surface area (Å²) in [7, 11) is 0. The summed E-state index contributed by atoms with van der Waals surface area (Å²) < 4.78 is 5.21. The number of amides is 2. The zero-order chi connectivity index (χ0) is 22.2. The molecule has 3 rings (SSSR count). The fraction of sp³-hybridized carbons (Fsp3) is 0.545. The summed E-state index contributed by atoms with van der Waals surface area (Å²) in [4.78, 5) is 35.6. The number of anilines is 1. The first-order chi connectivity index (χ1) is 15.0. The predicted molar refractivity (Wildman–Crippen MR) is 122 cm³/mol. The van der Waals surface area contributed by atoms with Crippen molar-refractivity contribution in [3.63, 3.8) is 0 Å². The van der Waals surface area contributed by atoms with Gasteiger partial charge in [0.25, 0.3) is 0 Å². The molecule has 0 bridgehead atoms. The third-order valence-electron chi connectivity index (χ3n) is 5.04. The molecule has 1 unspecified atom stereocenters. The van der Waals surface area contributed by atoms with Gasteiger partial charge in [0.05, 0.1) is 18.2 Å². The van der Waals surface area contributed by atoms with Crippen LogP contribution in [0.5, 0.6) is 0 Å². The summed E-state index contributed by atoms with van der Waals surface area (Å²) in [5.74, 6) is 0.565. The van der Waals surface area contributed by atoms with E-state index in [9.17, 15) is 9.59 Å². The minimum atomic E-state index is -0.191. The van der Waals surface area contributed by atoms with Crippen molar-refractivity contribution in [1.29, 1.82) is 0 Å². The van der Waals surface area contributed by atoms with Crippen molar-refractivity contribution >= 4 is 29.0 Å². The molecule has 1 aliphatic rings. The van der Waals surface area contributed by atoms with Gasteiger partial charge in [-0.05, 0) is 45.7 Å². The maximum atomic E-state index is 12.6. The molecule has 2 N–H and O–H groups in total. The Balaban J connectivity index is 1.50. The van der Waals surface area contributed by atoms with Crippen molar-refractivity contribution in [3.8, 4) is 11.3 Å². The molecule has 3 heterocycles. The van der Waals surface area contributed by atoms with Gasteiger partial charge in [0.1, 0.15) is 17.4 Å². The molecule has 0 spiro atoms. The summed E-state index contributed by atoms with van der Waals surface area (Å²) in [6.45, 7) is 8.10. The highest BCUT2D eigenvalue weighted by atomic mass is 32.1. The van der Waals surface area contributed by atoms with Gasteiger partial charge >= 0.3 is 0 Å². The van der Waals surface area contributed by atoms with Crippen LogP contribution in [0, 0.1) is 5.92 Å². The molecule has 31 heavy (non-hydrogen) atoms. The number of hydrogen-bond acceptors (Lipinski definition) is 7. The number of carbonyl (C=O) groups excluding carboxylic acids is 2. The van der Waals surface area contributed by atoms with Gasteiger partial charge in [-0.1, -0.05) is 0 Å². The maximum Gasteiger partial charge on any atom is 0.248 e. The molecule has 1 fully saturated rings. The van der Waals surface area contributed by atoms with Gasteiger partial charge < -0.3 is 20.3 Å². The third kappa shape index (κ3) is 6.73. The van der Waals surface area contributed by atoms with Crippen molar-refractivity contribution in [1.82, 2.24) is 20.2 Å². The van der Waals surface area contributed by atoms with E-state index in [2.05, 4.69) is 34.4 Å². The lowest BCUT2D eigenvalue weighted by Gasteiger charge is -2.32. The highest BCUT2D eigenvalue weighted by Gasteiger charge is 2.28. The van der Waals surface area contributed by atoms with E-state index in [1.54, 1.807) is 11.1 Å². The van der Waals surface area contributed by atoms with Crippen LogP contribution in [-0.4, -0.2) is 59.0 Å². The highest BCUT2D eigenvalue weighted by molar-refractivity contribution is 7.09. The van der Waals surface area contributed by atoms with E-state index >= 15 is 0 Å². The number of likely N-dealkylation sites (tertiary alicyclic amines) is 1. The maximum absolute atomic E-state index is 12.6. The van der Waals surface area contributed by atoms with Crippen LogP contribution in [0.1, 0.15) is 38.6 Å². The average molecular weight is 446 g/mol. The van der Waals surface area contributed by atoms with E-state index in [4.69, 9.17) is 4.74 Å². The number of nitrogens with zero attached hydrogens (tertiary/aromatic N) is 3. The van der Waals surface area contributed by atoms with E-state index < -0.39 is 0 Å². The second kappa shape index (κ2) is 11.2. The number of pyridine rings is 1. The average Bonchev–Trinajstić information content (AvgIpc) is 3.25. The zero-order valence-corrected chi connectivity index (χ0v) is 19.2. The molecule has 0 radical (unpaired) electrons. The molecule has 1 aliphatic heterocycles. The van der Waals surface area contributed by atoms with Gasteiger partial charge in [-0.3, -0.25) is 9.59 Å². The van der Waals surface area contributed by atoms with Gasteiger partial charge in [-0.25, -0.2) is 9.97 Å². The largest absolute Gasteiger partial charge is 0.372 e. The Kier molecular flexibility index (Phi) is 8.36. The van der Waals surface area contributed by atoms with Gasteiger partial charge in [-0.15, -0.1) is 11.3 Å². The van der Waals surface area contributed by atoms with Crippen LogP contribution in [0.15, 0.2) is 23.7 Å². The first kappa shape index (κ1) is 23.1. The molecule has 0 saturated carbocycles. The number of nitrogens with one attached hydrogen (secondary N) is 2. The van der Waals surface area contributed by atoms with E-state index in [0.717, 1.165) is 34.9 Å². The summed E-state index contributed by atoms with van der Waals surface area (Å²) in [5.41, 5.74) is 1.79. The first-order valence-electron chi connectivity index (χ1n) is 10.8. The lowest BCUT2D eigenvalue weighted by molar-refractivity contribution is -0.139. The Morgan fingerprint density at radius 1 is 1.35 bits per heavy atom. The van der Waals surface area contributed by atoms with Crippen molar-refractivity contribution in [2.75, 3.05) is 31.6 Å². The summed E-state index contributed by atoms with van der Waals surface area (Å²) in [6.07, 6.45) is 3.42. The summed E-state index contributed by atoms with van der Waals surface area (Å²) in [5, 5.41) is 9.06. The first-order valence-corrected chi connectivity index (χ1v) is 11.6. The van der Waals surface area contributed by atoms with E-state index in [0.29, 0.717) is 32.3 Å². The fourth-order valence-electron chi connectivity index (χ4n) is 3.46. The van der Waals surface area contributed by atoms with E-state index in [-0.39, 0.29) is 24.3 Å². The van der Waals surface area contributed by atoms with Crippen molar-refractivity contribution in [2.45, 2.75) is 46.2 Å². The number of thiazole rings is 1. The van der Waals surface area contributed by atoms with Crippen LogP contribution in [0.3, 0.4) is 0 Å². The van der Waals surface area contributed by atoms with Crippen LogP contribution >= 0.6 is 11.3 Å². The predicted octanol–water partition coefficient (Wildman–Crippen LogP) is 2.92. The van der Waals surface area contributed by atoms with Crippen LogP contribution in [-0.2, 0) is 20.9 Å². The SMILES string of the molecule is CCOCC(=O)N1CCCC(C(=O)NCc2nc(-c3ccc(NC(C)C)nc3)cs2)C1. The van der Waals surface area contributed by atoms with Crippen LogP contribution < -0.4 is 10.6 Å². The van der Waals surface area contributed by atoms with Crippen molar-refractivity contribution in [3.05, 3.63) is 28.7 Å². The second-order valence-electron chi connectivity index (χ2n) is 7.89. The third-order valence-corrected chi connectivity index (χ3v) is 5.88. The number of carbonyl (C=O) groups is 2. The molecule has 1 atom stereocenters. The molecule has 8 nitrogen and oxygen atoms in total. The quantitative estimate of drug-likeness (QED) is 0.616. The van der Waals surface area contributed by atoms with Crippen LogP contribution in [0.4, 0.5) is 5.82 Å². The lowest BCUT2D eigenvalue weighted by Crippen LogP contribution is -2.46. The number of piperidine rings is 1. The lowest BCUT2D eigenvalue weighted by atomic mass is 9.97. The zero-order valence-electron chi connectivity index (χ0n) is 18.4. The molecule has 2 aromatic heterocycles. The van der Waals surface area contributed by atoms with Gasteiger partial charge in [0.2, 0.25) is 11.8 Å². The summed E-state index contributed by atoms with van der Waals surface area (Å²) >= 11 is 1.51. The Hall–Kier alpha value is -2.52.